The Morgan fingerprint density at radius 1 is 1.33 bits per heavy atom. The summed E-state index contributed by atoms with van der Waals surface area (Å²) in [6.45, 7) is 3.97. The van der Waals surface area contributed by atoms with E-state index in [0.717, 1.165) is 11.1 Å². The molecule has 0 saturated carbocycles. The molecule has 1 aromatic carbocycles. The van der Waals surface area contributed by atoms with E-state index < -0.39 is 0 Å². The molecule has 0 aliphatic carbocycles. The molecular weight excluding hydrogens is 288 g/mol. The van der Waals surface area contributed by atoms with Crippen molar-refractivity contribution in [3.05, 3.63) is 35.7 Å². The van der Waals surface area contributed by atoms with Crippen LogP contribution in [0.15, 0.2) is 33.8 Å². The molecule has 3 aromatic rings. The number of nitrogens with one attached hydrogen (secondary N) is 1. The van der Waals surface area contributed by atoms with E-state index in [1.165, 1.54) is 11.8 Å². The number of thioether (sulfide) groups is 1. The van der Waals surface area contributed by atoms with Crippen molar-refractivity contribution in [2.75, 3.05) is 5.73 Å². The number of hydrogen-bond acceptors (Lipinski definition) is 7. The van der Waals surface area contributed by atoms with Crippen LogP contribution in [-0.2, 0) is 0 Å². The highest BCUT2D eigenvalue weighted by Crippen LogP contribution is 2.33. The fraction of sp³-hybridized carbons (Fsp3) is 0.231. The molecule has 21 heavy (non-hydrogen) atoms. The molecule has 108 valence electrons. The Labute approximate surface area is 125 Å². The number of aryl methyl sites for hydroxylation is 1. The Balaban J connectivity index is 1.78. The number of H-pyrrole nitrogens is 1. The predicted octanol–water partition coefficient (Wildman–Crippen LogP) is 2.60. The van der Waals surface area contributed by atoms with Gasteiger partial charge in [-0.1, -0.05) is 29.5 Å². The quantitative estimate of drug-likeness (QED) is 0.713. The highest BCUT2D eigenvalue weighted by atomic mass is 32.2. The summed E-state index contributed by atoms with van der Waals surface area (Å²) in [5.41, 5.74) is 7.55. The standard InChI is InChI=1S/C13H14N6OS/c1-7-4-3-5-9(6-7)11-17-16-10(20-11)8(2)21-13-15-12(14)18-19-13/h3-6,8H,1-2H3,(H3,14,15,18,19). The maximum atomic E-state index is 5.73. The number of benzene rings is 1. The van der Waals surface area contributed by atoms with Crippen LogP contribution in [0.3, 0.4) is 0 Å². The second-order valence-electron chi connectivity index (χ2n) is 4.58. The van der Waals surface area contributed by atoms with Crippen LogP contribution in [0.5, 0.6) is 0 Å². The molecule has 0 spiro atoms. The van der Waals surface area contributed by atoms with Crippen molar-refractivity contribution in [2.45, 2.75) is 24.3 Å². The summed E-state index contributed by atoms with van der Waals surface area (Å²) >= 11 is 1.40. The van der Waals surface area contributed by atoms with Crippen LogP contribution in [0, 0.1) is 6.92 Å². The van der Waals surface area contributed by atoms with E-state index in [9.17, 15) is 0 Å². The van der Waals surface area contributed by atoms with E-state index in [1.54, 1.807) is 0 Å². The largest absolute Gasteiger partial charge is 0.419 e. The SMILES string of the molecule is Cc1cccc(-c2nnc(C(C)Sc3n[nH]c(N)n3)o2)c1. The van der Waals surface area contributed by atoms with Crippen LogP contribution in [0.2, 0.25) is 0 Å². The van der Waals surface area contributed by atoms with Crippen molar-refractivity contribution < 1.29 is 4.42 Å². The topological polar surface area (TPSA) is 107 Å². The Kier molecular flexibility index (Phi) is 3.61. The maximum Gasteiger partial charge on any atom is 0.247 e. The minimum absolute atomic E-state index is 0.0636. The fourth-order valence-electron chi connectivity index (χ4n) is 1.81. The molecule has 2 aromatic heterocycles. The molecule has 3 rings (SSSR count). The minimum atomic E-state index is -0.0636. The third kappa shape index (κ3) is 3.05. The molecule has 0 fully saturated rings. The van der Waals surface area contributed by atoms with Crippen LogP contribution < -0.4 is 5.73 Å². The molecule has 0 radical (unpaired) electrons. The summed E-state index contributed by atoms with van der Waals surface area (Å²) in [7, 11) is 0. The molecule has 7 nitrogen and oxygen atoms in total. The van der Waals surface area contributed by atoms with Crippen LogP contribution in [0.1, 0.15) is 23.6 Å². The summed E-state index contributed by atoms with van der Waals surface area (Å²) in [6.07, 6.45) is 0. The number of aromatic nitrogens is 5. The van der Waals surface area contributed by atoms with Crippen molar-refractivity contribution in [1.29, 1.82) is 0 Å². The molecule has 0 aliphatic heterocycles. The van der Waals surface area contributed by atoms with Crippen LogP contribution in [0.25, 0.3) is 11.5 Å². The van der Waals surface area contributed by atoms with Gasteiger partial charge in [0.15, 0.2) is 0 Å². The predicted molar refractivity (Wildman–Crippen MR) is 79.5 cm³/mol. The molecule has 1 atom stereocenters. The molecule has 0 saturated heterocycles. The van der Waals surface area contributed by atoms with Crippen molar-refractivity contribution in [3.63, 3.8) is 0 Å². The number of hydrogen-bond donors (Lipinski definition) is 2. The molecule has 2 heterocycles. The van der Waals surface area contributed by atoms with Gasteiger partial charge in [0.25, 0.3) is 0 Å². The van der Waals surface area contributed by atoms with Crippen molar-refractivity contribution in [3.8, 4) is 11.5 Å². The molecular formula is C13H14N6OS. The van der Waals surface area contributed by atoms with Gasteiger partial charge in [0, 0.05) is 5.56 Å². The van der Waals surface area contributed by atoms with E-state index in [2.05, 4.69) is 25.4 Å². The Bertz CT molecular complexity index is 752. The summed E-state index contributed by atoms with van der Waals surface area (Å²) in [5.74, 6) is 1.33. The lowest BCUT2D eigenvalue weighted by molar-refractivity contribution is 0.509. The van der Waals surface area contributed by atoms with Crippen molar-refractivity contribution in [1.82, 2.24) is 25.4 Å². The van der Waals surface area contributed by atoms with Gasteiger partial charge in [0.1, 0.15) is 0 Å². The third-order valence-corrected chi connectivity index (χ3v) is 3.77. The summed E-state index contributed by atoms with van der Waals surface area (Å²) in [6, 6.07) is 7.93. The van der Waals surface area contributed by atoms with E-state index in [-0.39, 0.29) is 11.2 Å². The second-order valence-corrected chi connectivity index (χ2v) is 5.89. The first-order valence-corrected chi connectivity index (χ1v) is 7.25. The van der Waals surface area contributed by atoms with E-state index in [0.29, 0.717) is 16.9 Å². The lowest BCUT2D eigenvalue weighted by Crippen LogP contribution is -1.90. The Morgan fingerprint density at radius 3 is 2.90 bits per heavy atom. The molecule has 1 unspecified atom stereocenters. The number of aromatic amines is 1. The van der Waals surface area contributed by atoms with Gasteiger partial charge in [-0.15, -0.1) is 15.3 Å². The van der Waals surface area contributed by atoms with E-state index in [1.807, 2.05) is 38.1 Å². The first-order valence-electron chi connectivity index (χ1n) is 6.37. The number of rotatable bonds is 4. The molecule has 0 aliphatic rings. The second kappa shape index (κ2) is 5.57. The van der Waals surface area contributed by atoms with E-state index >= 15 is 0 Å². The lowest BCUT2D eigenvalue weighted by atomic mass is 10.1. The number of nitrogens with two attached hydrogens (primary N) is 1. The van der Waals surface area contributed by atoms with Gasteiger partial charge < -0.3 is 10.2 Å². The number of nitrogens with zero attached hydrogens (tertiary/aromatic N) is 4. The highest BCUT2D eigenvalue weighted by Gasteiger charge is 2.18. The van der Waals surface area contributed by atoms with Gasteiger partial charge in [0.2, 0.25) is 22.9 Å². The molecule has 0 amide bonds. The van der Waals surface area contributed by atoms with Gasteiger partial charge in [-0.2, -0.15) is 4.98 Å². The normalized spacial score (nSPS) is 12.5. The Hall–Kier alpha value is -2.35. The first kappa shape index (κ1) is 13.6. The molecule has 0 bridgehead atoms. The van der Waals surface area contributed by atoms with Crippen LogP contribution in [0.4, 0.5) is 5.95 Å². The number of anilines is 1. The average Bonchev–Trinajstić information content (AvgIpc) is 3.08. The number of nitrogen functional groups attached to an aromatic ring is 1. The van der Waals surface area contributed by atoms with Gasteiger partial charge >= 0.3 is 0 Å². The zero-order chi connectivity index (χ0) is 14.8. The van der Waals surface area contributed by atoms with E-state index in [4.69, 9.17) is 10.2 Å². The van der Waals surface area contributed by atoms with Crippen LogP contribution in [-0.4, -0.2) is 25.4 Å². The fourth-order valence-corrected chi connectivity index (χ4v) is 2.57. The summed E-state index contributed by atoms with van der Waals surface area (Å²) in [5, 5.41) is 15.2. The molecule has 8 heteroatoms. The summed E-state index contributed by atoms with van der Waals surface area (Å²) < 4.78 is 5.73. The van der Waals surface area contributed by atoms with Gasteiger partial charge in [-0.3, -0.25) is 0 Å². The monoisotopic (exact) mass is 302 g/mol. The zero-order valence-corrected chi connectivity index (χ0v) is 12.4. The van der Waals surface area contributed by atoms with Crippen molar-refractivity contribution in [2.24, 2.45) is 0 Å². The lowest BCUT2D eigenvalue weighted by Gasteiger charge is -2.02. The maximum absolute atomic E-state index is 5.73. The average molecular weight is 302 g/mol. The third-order valence-electron chi connectivity index (χ3n) is 2.82. The minimum Gasteiger partial charge on any atom is -0.419 e. The Morgan fingerprint density at radius 2 is 2.19 bits per heavy atom. The van der Waals surface area contributed by atoms with Gasteiger partial charge in [-0.05, 0) is 26.0 Å². The zero-order valence-electron chi connectivity index (χ0n) is 11.6. The smallest absolute Gasteiger partial charge is 0.247 e. The van der Waals surface area contributed by atoms with Crippen molar-refractivity contribution >= 4 is 17.7 Å². The molecule has 3 N–H and O–H groups in total. The van der Waals surface area contributed by atoms with Gasteiger partial charge in [-0.25, -0.2) is 5.10 Å². The van der Waals surface area contributed by atoms with Crippen LogP contribution >= 0.6 is 11.8 Å². The first-order chi connectivity index (χ1) is 10.1. The summed E-state index contributed by atoms with van der Waals surface area (Å²) in [4.78, 5) is 4.04. The highest BCUT2D eigenvalue weighted by molar-refractivity contribution is 7.99. The van der Waals surface area contributed by atoms with Gasteiger partial charge in [0.05, 0.1) is 5.25 Å².